The molecule has 1 unspecified atom stereocenters. The molecule has 1 saturated heterocycles. The van der Waals surface area contributed by atoms with Gasteiger partial charge >= 0.3 is 0 Å². The molecule has 1 fully saturated rings. The zero-order valence-electron chi connectivity index (χ0n) is 10.2. The monoisotopic (exact) mass is 261 g/mol. The molecule has 0 radical (unpaired) electrons. The van der Waals surface area contributed by atoms with Crippen LogP contribution in [0.2, 0.25) is 0 Å². The van der Waals surface area contributed by atoms with E-state index in [-0.39, 0.29) is 11.9 Å². The number of amides is 1. The number of carbonyl (C=O) groups is 1. The van der Waals surface area contributed by atoms with Gasteiger partial charge in [0.1, 0.15) is 0 Å². The first-order valence-electron chi connectivity index (χ1n) is 5.76. The van der Waals surface area contributed by atoms with Gasteiger partial charge in [0.25, 0.3) is 0 Å². The SMILES string of the molecule is CN(Cc1ccc(C#N)cc1)C(=O)C1CSCN1. The average molecular weight is 261 g/mol. The first-order valence-corrected chi connectivity index (χ1v) is 6.91. The largest absolute Gasteiger partial charge is 0.340 e. The van der Waals surface area contributed by atoms with Gasteiger partial charge in [0.15, 0.2) is 0 Å². The molecule has 1 atom stereocenters. The van der Waals surface area contributed by atoms with Crippen molar-refractivity contribution in [2.75, 3.05) is 18.7 Å². The quantitative estimate of drug-likeness (QED) is 0.887. The number of hydrogen-bond donors (Lipinski definition) is 1. The minimum Gasteiger partial charge on any atom is -0.340 e. The molecule has 1 aliphatic heterocycles. The molecule has 1 heterocycles. The predicted octanol–water partition coefficient (Wildman–Crippen LogP) is 1.18. The summed E-state index contributed by atoms with van der Waals surface area (Å²) in [6.07, 6.45) is 0. The molecule has 1 N–H and O–H groups in total. The van der Waals surface area contributed by atoms with Crippen molar-refractivity contribution in [3.63, 3.8) is 0 Å². The zero-order chi connectivity index (χ0) is 13.0. The highest BCUT2D eigenvalue weighted by Crippen LogP contribution is 2.13. The van der Waals surface area contributed by atoms with E-state index in [1.54, 1.807) is 28.8 Å². The lowest BCUT2D eigenvalue weighted by atomic mass is 10.1. The molecule has 0 aromatic heterocycles. The standard InChI is InChI=1S/C13H15N3OS/c1-16(13(17)12-8-18-9-15-12)7-11-4-2-10(6-14)3-5-11/h2-5,12,15H,7-9H2,1H3. The Hall–Kier alpha value is -1.51. The van der Waals surface area contributed by atoms with E-state index in [4.69, 9.17) is 5.26 Å². The highest BCUT2D eigenvalue weighted by Gasteiger charge is 2.25. The molecule has 0 bridgehead atoms. The zero-order valence-corrected chi connectivity index (χ0v) is 11.0. The molecule has 0 spiro atoms. The Labute approximate surface area is 111 Å². The topological polar surface area (TPSA) is 56.1 Å². The molecule has 1 aromatic carbocycles. The van der Waals surface area contributed by atoms with Crippen molar-refractivity contribution in [2.24, 2.45) is 0 Å². The number of hydrogen-bond acceptors (Lipinski definition) is 4. The van der Waals surface area contributed by atoms with Gasteiger partial charge < -0.3 is 4.90 Å². The Bertz CT molecular complexity index is 460. The van der Waals surface area contributed by atoms with Gasteiger partial charge in [-0.15, -0.1) is 11.8 Å². The number of likely N-dealkylation sites (N-methyl/N-ethyl adjacent to an activating group) is 1. The van der Waals surface area contributed by atoms with Gasteiger partial charge in [-0.05, 0) is 17.7 Å². The molecule has 1 aliphatic rings. The summed E-state index contributed by atoms with van der Waals surface area (Å²) in [5, 5.41) is 11.9. The van der Waals surface area contributed by atoms with Gasteiger partial charge in [-0.25, -0.2) is 0 Å². The van der Waals surface area contributed by atoms with Crippen LogP contribution in [0.15, 0.2) is 24.3 Å². The fraction of sp³-hybridized carbons (Fsp3) is 0.385. The summed E-state index contributed by atoms with van der Waals surface area (Å²) in [4.78, 5) is 13.8. The molecule has 0 saturated carbocycles. The number of nitrogens with zero attached hydrogens (tertiary/aromatic N) is 2. The van der Waals surface area contributed by atoms with Crippen molar-refractivity contribution < 1.29 is 4.79 Å². The summed E-state index contributed by atoms with van der Waals surface area (Å²) in [6.45, 7) is 0.577. The minimum absolute atomic E-state index is 0.0571. The third-order valence-electron chi connectivity index (χ3n) is 2.89. The summed E-state index contributed by atoms with van der Waals surface area (Å²) in [6, 6.07) is 9.35. The number of carbonyl (C=O) groups excluding carboxylic acids is 1. The molecule has 1 aromatic rings. The second kappa shape index (κ2) is 5.89. The molecule has 94 valence electrons. The number of rotatable bonds is 3. The van der Waals surface area contributed by atoms with Gasteiger partial charge in [0, 0.05) is 25.2 Å². The lowest BCUT2D eigenvalue weighted by molar-refractivity contribution is -0.131. The lowest BCUT2D eigenvalue weighted by Crippen LogP contribution is -2.42. The van der Waals surface area contributed by atoms with Crippen molar-refractivity contribution in [2.45, 2.75) is 12.6 Å². The van der Waals surface area contributed by atoms with Crippen LogP contribution < -0.4 is 5.32 Å². The number of benzene rings is 1. The summed E-state index contributed by atoms with van der Waals surface area (Å²) >= 11 is 1.74. The maximum atomic E-state index is 12.1. The third-order valence-corrected chi connectivity index (χ3v) is 3.83. The van der Waals surface area contributed by atoms with Crippen molar-refractivity contribution in [1.29, 1.82) is 5.26 Å². The van der Waals surface area contributed by atoms with E-state index >= 15 is 0 Å². The number of thioether (sulfide) groups is 1. The van der Waals surface area contributed by atoms with Crippen LogP contribution in [-0.4, -0.2) is 35.5 Å². The third kappa shape index (κ3) is 3.03. The van der Waals surface area contributed by atoms with E-state index in [0.717, 1.165) is 17.2 Å². The van der Waals surface area contributed by atoms with Crippen LogP contribution >= 0.6 is 11.8 Å². The first-order chi connectivity index (χ1) is 8.70. The summed E-state index contributed by atoms with van der Waals surface area (Å²) < 4.78 is 0. The molecule has 1 amide bonds. The van der Waals surface area contributed by atoms with E-state index in [2.05, 4.69) is 11.4 Å². The van der Waals surface area contributed by atoms with Crippen molar-refractivity contribution in [3.05, 3.63) is 35.4 Å². The van der Waals surface area contributed by atoms with Gasteiger partial charge in [0.05, 0.1) is 17.7 Å². The van der Waals surface area contributed by atoms with E-state index in [0.29, 0.717) is 12.1 Å². The van der Waals surface area contributed by atoms with Crippen molar-refractivity contribution >= 4 is 17.7 Å². The van der Waals surface area contributed by atoms with Crippen LogP contribution in [0.25, 0.3) is 0 Å². The number of nitrogens with one attached hydrogen (secondary N) is 1. The van der Waals surface area contributed by atoms with Crippen LogP contribution in [0.5, 0.6) is 0 Å². The highest BCUT2D eigenvalue weighted by atomic mass is 32.2. The molecule has 18 heavy (non-hydrogen) atoms. The normalized spacial score (nSPS) is 18.3. The van der Waals surface area contributed by atoms with Gasteiger partial charge in [-0.1, -0.05) is 12.1 Å². The van der Waals surface area contributed by atoms with Gasteiger partial charge in [-0.3, -0.25) is 10.1 Å². The molecule has 2 rings (SSSR count). The average Bonchev–Trinajstić information content (AvgIpc) is 2.92. The summed E-state index contributed by atoms with van der Waals surface area (Å²) in [5.74, 6) is 1.82. The second-order valence-corrected chi connectivity index (χ2v) is 5.31. The van der Waals surface area contributed by atoms with E-state index < -0.39 is 0 Å². The molecule has 4 nitrogen and oxygen atoms in total. The molecule has 0 aliphatic carbocycles. The van der Waals surface area contributed by atoms with E-state index in [9.17, 15) is 4.79 Å². The Balaban J connectivity index is 1.95. The molecule has 5 heteroatoms. The van der Waals surface area contributed by atoms with Gasteiger partial charge in [0.2, 0.25) is 5.91 Å². The maximum Gasteiger partial charge on any atom is 0.240 e. The molecular formula is C13H15N3OS. The second-order valence-electron chi connectivity index (χ2n) is 4.27. The van der Waals surface area contributed by atoms with Crippen molar-refractivity contribution in [1.82, 2.24) is 10.2 Å². The fourth-order valence-electron chi connectivity index (χ4n) is 1.86. The first kappa shape index (κ1) is 12.9. The molecular weight excluding hydrogens is 246 g/mol. The van der Waals surface area contributed by atoms with E-state index in [1.165, 1.54) is 0 Å². The van der Waals surface area contributed by atoms with Crippen LogP contribution in [0.1, 0.15) is 11.1 Å². The highest BCUT2D eigenvalue weighted by molar-refractivity contribution is 7.99. The van der Waals surface area contributed by atoms with Crippen LogP contribution in [-0.2, 0) is 11.3 Å². The Morgan fingerprint density at radius 2 is 2.28 bits per heavy atom. The summed E-state index contributed by atoms with van der Waals surface area (Å²) in [5.41, 5.74) is 1.68. The maximum absolute atomic E-state index is 12.1. The summed E-state index contributed by atoms with van der Waals surface area (Å²) in [7, 11) is 1.81. The minimum atomic E-state index is -0.0571. The van der Waals surface area contributed by atoms with Crippen molar-refractivity contribution in [3.8, 4) is 6.07 Å². The van der Waals surface area contributed by atoms with Crippen LogP contribution in [0.3, 0.4) is 0 Å². The Morgan fingerprint density at radius 1 is 1.56 bits per heavy atom. The van der Waals surface area contributed by atoms with Gasteiger partial charge in [-0.2, -0.15) is 5.26 Å². The fourth-order valence-corrected chi connectivity index (χ4v) is 2.79. The van der Waals surface area contributed by atoms with Crippen LogP contribution in [0, 0.1) is 11.3 Å². The Kier molecular flexibility index (Phi) is 4.24. The number of nitriles is 1. The Morgan fingerprint density at radius 3 is 2.83 bits per heavy atom. The lowest BCUT2D eigenvalue weighted by Gasteiger charge is -2.20. The predicted molar refractivity (Wildman–Crippen MR) is 71.9 cm³/mol. The smallest absolute Gasteiger partial charge is 0.240 e. The van der Waals surface area contributed by atoms with E-state index in [1.807, 2.05) is 19.2 Å². The van der Waals surface area contributed by atoms with Crippen LogP contribution in [0.4, 0.5) is 0 Å².